The van der Waals surface area contributed by atoms with Crippen molar-refractivity contribution < 1.29 is 4.39 Å². The zero-order valence-corrected chi connectivity index (χ0v) is 18.4. The van der Waals surface area contributed by atoms with E-state index in [9.17, 15) is 0 Å². The van der Waals surface area contributed by atoms with E-state index in [2.05, 4.69) is 26.0 Å². The van der Waals surface area contributed by atoms with Gasteiger partial charge in [0.15, 0.2) is 5.82 Å². The summed E-state index contributed by atoms with van der Waals surface area (Å²) in [4.78, 5) is 16.9. The number of rotatable bonds is 3. The lowest BCUT2D eigenvalue weighted by molar-refractivity contribution is 0.623. The molecule has 10 heteroatoms. The Morgan fingerprint density at radius 3 is 1.93 bits per heavy atom. The normalized spacial score (nSPS) is 11.0. The minimum absolute atomic E-state index is 0.0970. The van der Waals surface area contributed by atoms with Crippen molar-refractivity contribution in [1.82, 2.24) is 19.9 Å². The van der Waals surface area contributed by atoms with Crippen molar-refractivity contribution in [2.24, 2.45) is 0 Å². The number of hydrogen-bond donors (Lipinski definition) is 0. The molecule has 0 unspecified atom stereocenters. The molecule has 0 aliphatic rings. The zero-order chi connectivity index (χ0) is 21.4. The quantitative estimate of drug-likeness (QED) is 0.274. The van der Waals surface area contributed by atoms with Crippen molar-refractivity contribution in [3.8, 4) is 33.9 Å². The predicted molar refractivity (Wildman–Crippen MR) is 118 cm³/mol. The lowest BCUT2D eigenvalue weighted by Gasteiger charge is -2.13. The Morgan fingerprint density at radius 2 is 1.37 bits per heavy atom. The molecule has 1 radical (unpaired) electrons. The van der Waals surface area contributed by atoms with Crippen LogP contribution in [0.5, 0.6) is 0 Å². The number of nitrogens with zero attached hydrogens (tertiary/aromatic N) is 4. The summed E-state index contributed by atoms with van der Waals surface area (Å²) >= 11 is 30.3. The number of halogens is 6. The van der Waals surface area contributed by atoms with Crippen LogP contribution in [0.15, 0.2) is 42.9 Å². The van der Waals surface area contributed by atoms with Gasteiger partial charge in [0.05, 0.1) is 37.2 Å². The molecule has 30 heavy (non-hydrogen) atoms. The van der Waals surface area contributed by atoms with Crippen LogP contribution in [0.3, 0.4) is 0 Å². The van der Waals surface area contributed by atoms with Crippen molar-refractivity contribution in [2.45, 2.75) is 0 Å². The molecule has 4 nitrogen and oxygen atoms in total. The van der Waals surface area contributed by atoms with Crippen LogP contribution in [0.2, 0.25) is 25.2 Å². The van der Waals surface area contributed by atoms with Crippen LogP contribution in [0, 0.1) is 11.9 Å². The Kier molecular flexibility index (Phi) is 6.09. The summed E-state index contributed by atoms with van der Waals surface area (Å²) in [7, 11) is 0. The number of pyridine rings is 4. The Morgan fingerprint density at radius 1 is 0.767 bits per heavy atom. The van der Waals surface area contributed by atoms with Gasteiger partial charge in [-0.1, -0.05) is 58.0 Å². The lowest BCUT2D eigenvalue weighted by Crippen LogP contribution is -2.00. The average molecular weight is 500 g/mol. The molecule has 0 aliphatic carbocycles. The van der Waals surface area contributed by atoms with Gasteiger partial charge in [0.2, 0.25) is 0 Å². The summed E-state index contributed by atoms with van der Waals surface area (Å²) in [6.45, 7) is 0. The fourth-order valence-corrected chi connectivity index (χ4v) is 3.38. The molecule has 4 aromatic rings. The number of hydrogen-bond acceptors (Lipinski definition) is 4. The summed E-state index contributed by atoms with van der Waals surface area (Å²) in [6.07, 6.45) is 4.19. The highest BCUT2D eigenvalue weighted by Gasteiger charge is 2.21. The van der Waals surface area contributed by atoms with E-state index in [1.165, 1.54) is 30.7 Å². The minimum Gasteiger partial charge on any atom is -0.253 e. The molecule has 0 spiro atoms. The van der Waals surface area contributed by atoms with E-state index < -0.39 is 5.82 Å². The molecule has 149 valence electrons. The van der Waals surface area contributed by atoms with E-state index in [0.29, 0.717) is 11.3 Å². The van der Waals surface area contributed by atoms with Crippen molar-refractivity contribution in [1.29, 1.82) is 0 Å². The van der Waals surface area contributed by atoms with E-state index in [-0.39, 0.29) is 47.9 Å². The Bertz CT molecular complexity index is 1280. The van der Waals surface area contributed by atoms with Gasteiger partial charge in [0.1, 0.15) is 10.8 Å². The third-order valence-electron chi connectivity index (χ3n) is 4.03. The van der Waals surface area contributed by atoms with E-state index in [1.807, 2.05) is 0 Å². The first-order valence-corrected chi connectivity index (χ1v) is 10.1. The van der Waals surface area contributed by atoms with E-state index >= 15 is 4.39 Å². The van der Waals surface area contributed by atoms with Crippen molar-refractivity contribution >= 4 is 58.0 Å². The van der Waals surface area contributed by atoms with Gasteiger partial charge in [-0.25, -0.2) is 14.4 Å². The summed E-state index contributed by atoms with van der Waals surface area (Å²) in [6, 6.07) is 8.93. The molecular weight excluding hydrogens is 493 g/mol. The van der Waals surface area contributed by atoms with Gasteiger partial charge in [-0.15, -0.1) is 0 Å². The second-order valence-electron chi connectivity index (χ2n) is 5.93. The van der Waals surface area contributed by atoms with Gasteiger partial charge in [-0.2, -0.15) is 0 Å². The molecule has 0 saturated carbocycles. The third kappa shape index (κ3) is 4.09. The first-order valence-electron chi connectivity index (χ1n) is 8.21. The van der Waals surface area contributed by atoms with E-state index in [1.54, 1.807) is 12.1 Å². The van der Waals surface area contributed by atoms with Crippen LogP contribution >= 0.6 is 58.0 Å². The Balaban J connectivity index is 2.01. The molecule has 0 atom stereocenters. The fourth-order valence-electron chi connectivity index (χ4n) is 2.65. The zero-order valence-electron chi connectivity index (χ0n) is 14.6. The van der Waals surface area contributed by atoms with Crippen LogP contribution in [0.1, 0.15) is 0 Å². The first-order chi connectivity index (χ1) is 14.3. The molecule has 4 rings (SSSR count). The second-order valence-corrected chi connectivity index (χ2v) is 7.92. The number of aromatic nitrogens is 4. The minimum atomic E-state index is -0.764. The maximum atomic E-state index is 15.1. The van der Waals surface area contributed by atoms with Crippen LogP contribution in [0.25, 0.3) is 33.9 Å². The van der Waals surface area contributed by atoms with E-state index in [0.717, 1.165) is 0 Å². The van der Waals surface area contributed by atoms with Crippen molar-refractivity contribution in [3.63, 3.8) is 0 Å². The molecule has 4 heterocycles. The van der Waals surface area contributed by atoms with Crippen molar-refractivity contribution in [3.05, 3.63) is 80.0 Å². The van der Waals surface area contributed by atoms with Crippen LogP contribution in [0.4, 0.5) is 4.39 Å². The SMILES string of the molecule is Fc1[c]c(-c2cccnc2Cl)c(-c2cc(Cl)c(Cl)cn2)nc1-c1cc(Cl)c(Cl)cn1. The summed E-state index contributed by atoms with van der Waals surface area (Å²) in [5.74, 6) is -0.764. The maximum Gasteiger partial charge on any atom is 0.159 e. The largest absolute Gasteiger partial charge is 0.253 e. The molecule has 4 aromatic heterocycles. The highest BCUT2D eigenvalue weighted by atomic mass is 35.5. The van der Waals surface area contributed by atoms with Gasteiger partial charge in [0.25, 0.3) is 0 Å². The third-order valence-corrected chi connectivity index (χ3v) is 5.76. The highest BCUT2D eigenvalue weighted by molar-refractivity contribution is 6.42. The first kappa shape index (κ1) is 21.2. The molecular formula is C20H7Cl5FN4. The van der Waals surface area contributed by atoms with E-state index in [4.69, 9.17) is 58.0 Å². The molecule has 0 bridgehead atoms. The summed E-state index contributed by atoms with van der Waals surface area (Å²) < 4.78 is 15.1. The topological polar surface area (TPSA) is 51.6 Å². The average Bonchev–Trinajstić information content (AvgIpc) is 2.72. The maximum absolute atomic E-state index is 15.1. The van der Waals surface area contributed by atoms with Crippen LogP contribution in [-0.4, -0.2) is 19.9 Å². The van der Waals surface area contributed by atoms with Gasteiger partial charge in [-0.05, 0) is 24.3 Å². The van der Waals surface area contributed by atoms with Crippen LogP contribution < -0.4 is 0 Å². The second kappa shape index (κ2) is 8.61. The fraction of sp³-hybridized carbons (Fsp3) is 0. The van der Waals surface area contributed by atoms with Gasteiger partial charge in [-0.3, -0.25) is 9.97 Å². The lowest BCUT2D eigenvalue weighted by atomic mass is 10.0. The van der Waals surface area contributed by atoms with Gasteiger partial charge in [0, 0.05) is 35.8 Å². The Hall–Kier alpha value is -2.02. The summed E-state index contributed by atoms with van der Waals surface area (Å²) in [5, 5.41) is 1.10. The molecule has 0 amide bonds. The summed E-state index contributed by atoms with van der Waals surface area (Å²) in [5.41, 5.74) is 1.33. The smallest absolute Gasteiger partial charge is 0.159 e. The predicted octanol–water partition coefficient (Wildman–Crippen LogP) is 7.47. The van der Waals surface area contributed by atoms with Crippen LogP contribution in [-0.2, 0) is 0 Å². The molecule has 0 aromatic carbocycles. The standard InChI is InChI=1S/C20H7Cl5FN4/c21-11-5-16(28-7-13(11)23)18-10(9-2-1-3-27-20(9)25)4-15(26)19(30-18)17-6-12(22)14(24)8-29-17/h1-3,5-8H. The molecule has 0 N–H and O–H groups in total. The van der Waals surface area contributed by atoms with Gasteiger partial charge < -0.3 is 0 Å². The Labute approximate surface area is 195 Å². The molecule has 0 aliphatic heterocycles. The molecule has 0 saturated heterocycles. The highest BCUT2D eigenvalue weighted by Crippen LogP contribution is 2.37. The van der Waals surface area contributed by atoms with Crippen molar-refractivity contribution in [2.75, 3.05) is 0 Å². The molecule has 0 fully saturated rings. The monoisotopic (exact) mass is 497 g/mol. The van der Waals surface area contributed by atoms with Gasteiger partial charge >= 0.3 is 0 Å².